The zero-order valence-electron chi connectivity index (χ0n) is 8.76. The Kier molecular flexibility index (Phi) is 4.45. The van der Waals surface area contributed by atoms with E-state index in [1.165, 1.54) is 14.8 Å². The van der Waals surface area contributed by atoms with E-state index in [-0.39, 0.29) is 0 Å². The van der Waals surface area contributed by atoms with E-state index in [4.69, 9.17) is 0 Å². The summed E-state index contributed by atoms with van der Waals surface area (Å²) in [5.74, 6) is 0. The van der Waals surface area contributed by atoms with Crippen molar-refractivity contribution in [2.24, 2.45) is 0 Å². The molecule has 0 atom stereocenters. The van der Waals surface area contributed by atoms with Crippen molar-refractivity contribution in [1.29, 1.82) is 0 Å². The van der Waals surface area contributed by atoms with Crippen LogP contribution in [0.25, 0.3) is 6.08 Å². The summed E-state index contributed by atoms with van der Waals surface area (Å²) in [5, 5.41) is 0. The molecule has 14 heavy (non-hydrogen) atoms. The highest BCUT2D eigenvalue weighted by Crippen LogP contribution is 2.23. The lowest BCUT2D eigenvalue weighted by Crippen LogP contribution is -2.22. The van der Waals surface area contributed by atoms with Crippen LogP contribution in [0.1, 0.15) is 19.4 Å². The lowest BCUT2D eigenvalue weighted by Gasteiger charge is -2.23. The SMILES string of the molecule is C=Cc1cc(I)ccc1N(CC)CC. The van der Waals surface area contributed by atoms with Crippen molar-refractivity contribution in [3.63, 3.8) is 0 Å². The first-order valence-electron chi connectivity index (χ1n) is 4.89. The van der Waals surface area contributed by atoms with E-state index in [9.17, 15) is 0 Å². The summed E-state index contributed by atoms with van der Waals surface area (Å²) >= 11 is 2.33. The Labute approximate surface area is 100.0 Å². The summed E-state index contributed by atoms with van der Waals surface area (Å²) in [6.45, 7) is 10.3. The predicted molar refractivity (Wildman–Crippen MR) is 72.8 cm³/mol. The van der Waals surface area contributed by atoms with Gasteiger partial charge in [-0.2, -0.15) is 0 Å². The number of rotatable bonds is 4. The van der Waals surface area contributed by atoms with E-state index in [1.807, 2.05) is 6.08 Å². The average Bonchev–Trinajstić information content (AvgIpc) is 2.21. The number of benzene rings is 1. The van der Waals surface area contributed by atoms with E-state index in [1.54, 1.807) is 0 Å². The van der Waals surface area contributed by atoms with Crippen LogP contribution in [-0.2, 0) is 0 Å². The maximum atomic E-state index is 3.85. The van der Waals surface area contributed by atoms with Gasteiger partial charge in [0, 0.05) is 22.3 Å². The molecule has 1 nitrogen and oxygen atoms in total. The number of halogens is 1. The van der Waals surface area contributed by atoms with Crippen LogP contribution in [0.4, 0.5) is 5.69 Å². The summed E-state index contributed by atoms with van der Waals surface area (Å²) in [6, 6.07) is 6.48. The van der Waals surface area contributed by atoms with Crippen LogP contribution < -0.4 is 4.90 Å². The van der Waals surface area contributed by atoms with Gasteiger partial charge in [-0.15, -0.1) is 0 Å². The minimum Gasteiger partial charge on any atom is -0.372 e. The fourth-order valence-electron chi connectivity index (χ4n) is 1.54. The molecule has 0 aliphatic rings. The first-order valence-corrected chi connectivity index (χ1v) is 5.97. The zero-order valence-corrected chi connectivity index (χ0v) is 10.9. The minimum absolute atomic E-state index is 1.04. The molecule has 1 rings (SSSR count). The lowest BCUT2D eigenvalue weighted by molar-refractivity contribution is 0.865. The Balaban J connectivity index is 3.12. The van der Waals surface area contributed by atoms with E-state index >= 15 is 0 Å². The Bertz CT molecular complexity index is 316. The van der Waals surface area contributed by atoms with E-state index in [0.717, 1.165) is 13.1 Å². The molecule has 0 saturated heterocycles. The van der Waals surface area contributed by atoms with Gasteiger partial charge in [-0.25, -0.2) is 0 Å². The number of nitrogens with zero attached hydrogens (tertiary/aromatic N) is 1. The number of hydrogen-bond donors (Lipinski definition) is 0. The molecule has 0 heterocycles. The molecule has 0 spiro atoms. The van der Waals surface area contributed by atoms with Crippen LogP contribution in [0.3, 0.4) is 0 Å². The molecule has 0 aromatic heterocycles. The highest BCUT2D eigenvalue weighted by molar-refractivity contribution is 14.1. The summed E-state index contributed by atoms with van der Waals surface area (Å²) in [6.07, 6.45) is 1.93. The van der Waals surface area contributed by atoms with Crippen molar-refractivity contribution < 1.29 is 0 Å². The maximum absolute atomic E-state index is 3.85. The highest BCUT2D eigenvalue weighted by Gasteiger charge is 2.05. The minimum atomic E-state index is 1.04. The third-order valence-corrected chi connectivity index (χ3v) is 2.98. The largest absolute Gasteiger partial charge is 0.372 e. The van der Waals surface area contributed by atoms with Crippen LogP contribution in [-0.4, -0.2) is 13.1 Å². The topological polar surface area (TPSA) is 3.24 Å². The Morgan fingerprint density at radius 3 is 2.50 bits per heavy atom. The molecule has 0 N–H and O–H groups in total. The second-order valence-electron chi connectivity index (χ2n) is 3.08. The summed E-state index contributed by atoms with van der Waals surface area (Å²) < 4.78 is 1.26. The lowest BCUT2D eigenvalue weighted by atomic mass is 10.1. The molecule has 1 aromatic rings. The molecular formula is C12H16IN. The predicted octanol–water partition coefficient (Wildman–Crippen LogP) is 3.78. The molecular weight excluding hydrogens is 285 g/mol. The van der Waals surface area contributed by atoms with E-state index in [0.29, 0.717) is 0 Å². The molecule has 0 radical (unpaired) electrons. The fraction of sp³-hybridized carbons (Fsp3) is 0.333. The van der Waals surface area contributed by atoms with Crippen molar-refractivity contribution >= 4 is 34.4 Å². The fourth-order valence-corrected chi connectivity index (χ4v) is 2.06. The van der Waals surface area contributed by atoms with Gasteiger partial charge in [-0.05, 0) is 60.2 Å². The monoisotopic (exact) mass is 301 g/mol. The van der Waals surface area contributed by atoms with Crippen LogP contribution in [0.5, 0.6) is 0 Å². The summed E-state index contributed by atoms with van der Waals surface area (Å²) in [5.41, 5.74) is 2.51. The zero-order chi connectivity index (χ0) is 10.6. The standard InChI is InChI=1S/C12H16IN/c1-4-10-9-11(13)7-8-12(10)14(5-2)6-3/h4,7-9H,1,5-6H2,2-3H3. The molecule has 0 amide bonds. The molecule has 76 valence electrons. The van der Waals surface area contributed by atoms with Gasteiger partial charge in [0.05, 0.1) is 0 Å². The van der Waals surface area contributed by atoms with Gasteiger partial charge in [0.1, 0.15) is 0 Å². The van der Waals surface area contributed by atoms with Crippen LogP contribution in [0.2, 0.25) is 0 Å². The summed E-state index contributed by atoms with van der Waals surface area (Å²) in [7, 11) is 0. The van der Waals surface area contributed by atoms with Gasteiger partial charge in [0.2, 0.25) is 0 Å². The van der Waals surface area contributed by atoms with Crippen molar-refractivity contribution in [1.82, 2.24) is 0 Å². The van der Waals surface area contributed by atoms with E-state index in [2.05, 4.69) is 66.1 Å². The average molecular weight is 301 g/mol. The van der Waals surface area contributed by atoms with Gasteiger partial charge in [0.25, 0.3) is 0 Å². The molecule has 2 heteroatoms. The van der Waals surface area contributed by atoms with Gasteiger partial charge in [-0.1, -0.05) is 12.7 Å². The molecule has 0 saturated carbocycles. The first-order chi connectivity index (χ1) is 6.72. The van der Waals surface area contributed by atoms with Crippen LogP contribution in [0.15, 0.2) is 24.8 Å². The van der Waals surface area contributed by atoms with Crippen molar-refractivity contribution in [3.05, 3.63) is 33.9 Å². The number of anilines is 1. The van der Waals surface area contributed by atoms with Crippen molar-refractivity contribution in [2.45, 2.75) is 13.8 Å². The quantitative estimate of drug-likeness (QED) is 0.765. The third-order valence-electron chi connectivity index (χ3n) is 2.31. The Hall–Kier alpha value is -0.510. The normalized spacial score (nSPS) is 9.93. The Morgan fingerprint density at radius 1 is 1.36 bits per heavy atom. The maximum Gasteiger partial charge on any atom is 0.0440 e. The van der Waals surface area contributed by atoms with Crippen molar-refractivity contribution in [2.75, 3.05) is 18.0 Å². The molecule has 0 bridgehead atoms. The van der Waals surface area contributed by atoms with Crippen LogP contribution >= 0.6 is 22.6 Å². The molecule has 1 aromatic carbocycles. The molecule has 0 unspecified atom stereocenters. The van der Waals surface area contributed by atoms with Gasteiger partial charge in [-0.3, -0.25) is 0 Å². The highest BCUT2D eigenvalue weighted by atomic mass is 127. The van der Waals surface area contributed by atoms with Gasteiger partial charge < -0.3 is 4.90 Å². The molecule has 0 aliphatic carbocycles. The van der Waals surface area contributed by atoms with Gasteiger partial charge >= 0.3 is 0 Å². The number of hydrogen-bond acceptors (Lipinski definition) is 1. The molecule has 0 fully saturated rings. The first kappa shape index (κ1) is 11.6. The molecule has 0 aliphatic heterocycles. The van der Waals surface area contributed by atoms with Crippen molar-refractivity contribution in [3.8, 4) is 0 Å². The summed E-state index contributed by atoms with van der Waals surface area (Å²) in [4.78, 5) is 2.34. The Morgan fingerprint density at radius 2 is 2.00 bits per heavy atom. The smallest absolute Gasteiger partial charge is 0.0440 e. The third kappa shape index (κ3) is 2.50. The van der Waals surface area contributed by atoms with Gasteiger partial charge in [0.15, 0.2) is 0 Å². The van der Waals surface area contributed by atoms with E-state index < -0.39 is 0 Å². The second-order valence-corrected chi connectivity index (χ2v) is 4.33. The van der Waals surface area contributed by atoms with Crippen LogP contribution in [0, 0.1) is 3.57 Å². The second kappa shape index (κ2) is 5.39.